The van der Waals surface area contributed by atoms with Crippen molar-refractivity contribution < 1.29 is 9.18 Å². The summed E-state index contributed by atoms with van der Waals surface area (Å²) in [4.78, 5) is 12.3. The summed E-state index contributed by atoms with van der Waals surface area (Å²) in [7, 11) is 0. The van der Waals surface area contributed by atoms with E-state index in [1.807, 2.05) is 38.1 Å². The Morgan fingerprint density at radius 2 is 1.95 bits per heavy atom. The largest absolute Gasteiger partial charge is 0.346 e. The Kier molecular flexibility index (Phi) is 4.45. The molecule has 2 nitrogen and oxygen atoms in total. The topological polar surface area (TPSA) is 29.1 Å². The Morgan fingerprint density at radius 3 is 2.60 bits per heavy atom. The van der Waals surface area contributed by atoms with Gasteiger partial charge in [-0.25, -0.2) is 4.39 Å². The van der Waals surface area contributed by atoms with Gasteiger partial charge in [0.05, 0.1) is 6.04 Å². The molecule has 0 saturated carbocycles. The van der Waals surface area contributed by atoms with Gasteiger partial charge < -0.3 is 5.32 Å². The first kappa shape index (κ1) is 14.6. The van der Waals surface area contributed by atoms with Gasteiger partial charge in [0.1, 0.15) is 5.82 Å². The van der Waals surface area contributed by atoms with Crippen LogP contribution in [0.5, 0.6) is 0 Å². The van der Waals surface area contributed by atoms with Gasteiger partial charge in [0, 0.05) is 10.5 Å². The summed E-state index contributed by atoms with van der Waals surface area (Å²) in [5, 5.41) is 2.90. The molecule has 2 aromatic rings. The van der Waals surface area contributed by atoms with E-state index in [9.17, 15) is 9.18 Å². The molecule has 20 heavy (non-hydrogen) atoms. The molecule has 1 amide bonds. The number of amides is 1. The molecule has 4 heteroatoms. The number of rotatable bonds is 3. The maximum Gasteiger partial charge on any atom is 0.251 e. The van der Waals surface area contributed by atoms with Crippen molar-refractivity contribution in [2.45, 2.75) is 24.8 Å². The van der Waals surface area contributed by atoms with E-state index in [4.69, 9.17) is 0 Å². The third-order valence-electron chi connectivity index (χ3n) is 3.21. The SMILES string of the molecule is Cc1ccccc1C(C)NC(=O)c1ccc(F)c(S)c1. The molecule has 1 N–H and O–H groups in total. The lowest BCUT2D eigenvalue weighted by Gasteiger charge is -2.16. The second kappa shape index (κ2) is 6.09. The Hall–Kier alpha value is -1.81. The van der Waals surface area contributed by atoms with Crippen molar-refractivity contribution in [3.05, 3.63) is 65.0 Å². The predicted molar refractivity (Wildman–Crippen MR) is 80.7 cm³/mol. The van der Waals surface area contributed by atoms with Crippen LogP contribution in [0.2, 0.25) is 0 Å². The number of halogens is 1. The number of carbonyl (C=O) groups is 1. The first-order chi connectivity index (χ1) is 9.49. The molecule has 1 unspecified atom stereocenters. The number of aryl methyl sites for hydroxylation is 1. The third-order valence-corrected chi connectivity index (χ3v) is 3.55. The van der Waals surface area contributed by atoms with Crippen LogP contribution in [0.1, 0.15) is 34.5 Å². The van der Waals surface area contributed by atoms with Gasteiger partial charge in [-0.2, -0.15) is 0 Å². The van der Waals surface area contributed by atoms with E-state index in [0.717, 1.165) is 11.1 Å². The second-order valence-electron chi connectivity index (χ2n) is 4.72. The van der Waals surface area contributed by atoms with Crippen molar-refractivity contribution in [3.63, 3.8) is 0 Å². The van der Waals surface area contributed by atoms with Crippen LogP contribution in [0.25, 0.3) is 0 Å². The number of benzene rings is 2. The molecule has 0 aliphatic heterocycles. The Balaban J connectivity index is 2.15. The van der Waals surface area contributed by atoms with Gasteiger partial charge in [0.2, 0.25) is 0 Å². The molecule has 0 saturated heterocycles. The fourth-order valence-corrected chi connectivity index (χ4v) is 2.30. The lowest BCUT2D eigenvalue weighted by Crippen LogP contribution is -2.27. The average molecular weight is 289 g/mol. The fraction of sp³-hybridized carbons (Fsp3) is 0.188. The van der Waals surface area contributed by atoms with Crippen LogP contribution in [-0.4, -0.2) is 5.91 Å². The summed E-state index contributed by atoms with van der Waals surface area (Å²) in [5.41, 5.74) is 2.58. The van der Waals surface area contributed by atoms with E-state index in [2.05, 4.69) is 17.9 Å². The minimum absolute atomic E-state index is 0.114. The lowest BCUT2D eigenvalue weighted by molar-refractivity contribution is 0.0939. The quantitative estimate of drug-likeness (QED) is 0.824. The molecule has 0 aliphatic rings. The van der Waals surface area contributed by atoms with Crippen molar-refractivity contribution >= 4 is 18.5 Å². The first-order valence-corrected chi connectivity index (χ1v) is 6.78. The molecule has 0 fully saturated rings. The molecular formula is C16H16FNOS. The van der Waals surface area contributed by atoms with Crippen LogP contribution in [0.15, 0.2) is 47.4 Å². The number of nitrogens with one attached hydrogen (secondary N) is 1. The summed E-state index contributed by atoms with van der Waals surface area (Å²) < 4.78 is 13.1. The fourth-order valence-electron chi connectivity index (χ4n) is 2.08. The zero-order chi connectivity index (χ0) is 14.7. The summed E-state index contributed by atoms with van der Waals surface area (Å²) >= 11 is 3.98. The highest BCUT2D eigenvalue weighted by Gasteiger charge is 2.13. The zero-order valence-electron chi connectivity index (χ0n) is 11.4. The van der Waals surface area contributed by atoms with Crippen LogP contribution in [0, 0.1) is 12.7 Å². The Bertz CT molecular complexity index is 642. The molecule has 104 valence electrons. The molecule has 0 aromatic heterocycles. The van der Waals surface area contributed by atoms with E-state index in [1.54, 1.807) is 0 Å². The zero-order valence-corrected chi connectivity index (χ0v) is 12.2. The van der Waals surface area contributed by atoms with Crippen LogP contribution in [-0.2, 0) is 0 Å². The second-order valence-corrected chi connectivity index (χ2v) is 5.20. The minimum Gasteiger partial charge on any atom is -0.346 e. The molecule has 0 spiro atoms. The number of hydrogen-bond acceptors (Lipinski definition) is 2. The number of hydrogen-bond donors (Lipinski definition) is 2. The van der Waals surface area contributed by atoms with E-state index in [0.29, 0.717) is 5.56 Å². The molecule has 2 rings (SSSR count). The molecule has 0 radical (unpaired) electrons. The van der Waals surface area contributed by atoms with Gasteiger partial charge in [-0.3, -0.25) is 4.79 Å². The van der Waals surface area contributed by atoms with Crippen LogP contribution >= 0.6 is 12.6 Å². The molecule has 2 aromatic carbocycles. The number of thiol groups is 1. The van der Waals surface area contributed by atoms with Crippen molar-refractivity contribution in [1.82, 2.24) is 5.32 Å². The van der Waals surface area contributed by atoms with Crippen LogP contribution in [0.4, 0.5) is 4.39 Å². The molecule has 1 atom stereocenters. The van der Waals surface area contributed by atoms with Gasteiger partial charge >= 0.3 is 0 Å². The van der Waals surface area contributed by atoms with Crippen molar-refractivity contribution in [1.29, 1.82) is 0 Å². The summed E-state index contributed by atoms with van der Waals surface area (Å²) in [5.74, 6) is -0.673. The minimum atomic E-state index is -0.433. The molecule has 0 bridgehead atoms. The van der Waals surface area contributed by atoms with Crippen molar-refractivity contribution in [3.8, 4) is 0 Å². The molecule has 0 aliphatic carbocycles. The standard InChI is InChI=1S/C16H16FNOS/c1-10-5-3-4-6-13(10)11(2)18-16(19)12-7-8-14(17)15(20)9-12/h3-9,11,20H,1-2H3,(H,18,19). The van der Waals surface area contributed by atoms with Gasteiger partial charge in [-0.15, -0.1) is 12.6 Å². The van der Waals surface area contributed by atoms with Crippen molar-refractivity contribution in [2.75, 3.05) is 0 Å². The van der Waals surface area contributed by atoms with E-state index in [-0.39, 0.29) is 16.8 Å². The highest BCUT2D eigenvalue weighted by atomic mass is 32.1. The molecular weight excluding hydrogens is 273 g/mol. The Labute approximate surface area is 123 Å². The molecule has 0 heterocycles. The highest BCUT2D eigenvalue weighted by molar-refractivity contribution is 7.80. The number of carbonyl (C=O) groups excluding carboxylic acids is 1. The van der Waals surface area contributed by atoms with Gasteiger partial charge in [-0.1, -0.05) is 24.3 Å². The van der Waals surface area contributed by atoms with Crippen LogP contribution < -0.4 is 5.32 Å². The van der Waals surface area contributed by atoms with Crippen LogP contribution in [0.3, 0.4) is 0 Å². The predicted octanol–water partition coefficient (Wildman–Crippen LogP) is 3.91. The van der Waals surface area contributed by atoms with E-state index < -0.39 is 5.82 Å². The smallest absolute Gasteiger partial charge is 0.251 e. The van der Waals surface area contributed by atoms with Gasteiger partial charge in [0.15, 0.2) is 0 Å². The summed E-state index contributed by atoms with van der Waals surface area (Å²) in [6.45, 7) is 3.92. The van der Waals surface area contributed by atoms with Gasteiger partial charge in [0.25, 0.3) is 5.91 Å². The summed E-state index contributed by atoms with van der Waals surface area (Å²) in [6, 6.07) is 11.9. The maximum atomic E-state index is 13.1. The van der Waals surface area contributed by atoms with Crippen molar-refractivity contribution in [2.24, 2.45) is 0 Å². The van der Waals surface area contributed by atoms with Gasteiger partial charge in [-0.05, 0) is 43.2 Å². The maximum absolute atomic E-state index is 13.1. The van der Waals surface area contributed by atoms with E-state index >= 15 is 0 Å². The Morgan fingerprint density at radius 1 is 1.25 bits per heavy atom. The lowest BCUT2D eigenvalue weighted by atomic mass is 10.0. The summed E-state index contributed by atoms with van der Waals surface area (Å²) in [6.07, 6.45) is 0. The van der Waals surface area contributed by atoms with E-state index in [1.165, 1.54) is 18.2 Å². The highest BCUT2D eigenvalue weighted by Crippen LogP contribution is 2.18. The third kappa shape index (κ3) is 3.20. The normalized spacial score (nSPS) is 12.0. The average Bonchev–Trinajstić information content (AvgIpc) is 2.42. The monoisotopic (exact) mass is 289 g/mol. The first-order valence-electron chi connectivity index (χ1n) is 6.34.